The predicted molar refractivity (Wildman–Crippen MR) is 60.6 cm³/mol. The maximum Gasteiger partial charge on any atom is 0.251 e. The highest BCUT2D eigenvalue weighted by molar-refractivity contribution is 6.42. The Morgan fingerprint density at radius 3 is 2.94 bits per heavy atom. The standard InChI is InChI=1S/C8H10Cl2N4O2/c9-6-7(10)12-4-13-8(6)14-5(15)3-16-2-1-11/h4H,1-3,11H2,(H,12,13,14,15). The van der Waals surface area contributed by atoms with E-state index in [0.29, 0.717) is 13.2 Å². The summed E-state index contributed by atoms with van der Waals surface area (Å²) in [6.45, 7) is 0.550. The lowest BCUT2D eigenvalue weighted by Gasteiger charge is -2.06. The van der Waals surface area contributed by atoms with E-state index in [1.807, 2.05) is 0 Å². The fraction of sp³-hybridized carbons (Fsp3) is 0.375. The van der Waals surface area contributed by atoms with Crippen molar-refractivity contribution in [2.24, 2.45) is 5.73 Å². The molecule has 0 bridgehead atoms. The highest BCUT2D eigenvalue weighted by Gasteiger charge is 2.10. The average Bonchev–Trinajstić information content (AvgIpc) is 2.25. The highest BCUT2D eigenvalue weighted by Crippen LogP contribution is 2.25. The summed E-state index contributed by atoms with van der Waals surface area (Å²) in [5.41, 5.74) is 5.20. The molecule has 0 radical (unpaired) electrons. The number of hydrogen-bond acceptors (Lipinski definition) is 5. The van der Waals surface area contributed by atoms with Gasteiger partial charge in [0.1, 0.15) is 18.0 Å². The first-order chi connectivity index (χ1) is 7.65. The first-order valence-electron chi connectivity index (χ1n) is 4.38. The Balaban J connectivity index is 2.53. The molecule has 0 aliphatic carbocycles. The van der Waals surface area contributed by atoms with E-state index in [1.165, 1.54) is 6.33 Å². The third-order valence-electron chi connectivity index (χ3n) is 1.50. The first-order valence-corrected chi connectivity index (χ1v) is 5.14. The minimum atomic E-state index is -0.384. The first kappa shape index (κ1) is 13.1. The molecule has 6 nitrogen and oxygen atoms in total. The number of rotatable bonds is 5. The molecular formula is C8H10Cl2N4O2. The number of nitrogens with one attached hydrogen (secondary N) is 1. The van der Waals surface area contributed by atoms with Gasteiger partial charge in [-0.2, -0.15) is 0 Å². The van der Waals surface area contributed by atoms with Crippen LogP contribution in [0.5, 0.6) is 0 Å². The van der Waals surface area contributed by atoms with Crippen LogP contribution < -0.4 is 11.1 Å². The Morgan fingerprint density at radius 2 is 2.25 bits per heavy atom. The summed E-state index contributed by atoms with van der Waals surface area (Å²) in [5, 5.41) is 2.61. The molecule has 88 valence electrons. The van der Waals surface area contributed by atoms with Gasteiger partial charge >= 0.3 is 0 Å². The van der Waals surface area contributed by atoms with Crippen LogP contribution in [0.4, 0.5) is 5.82 Å². The number of carbonyl (C=O) groups is 1. The van der Waals surface area contributed by atoms with Crippen molar-refractivity contribution < 1.29 is 9.53 Å². The van der Waals surface area contributed by atoms with Crippen LogP contribution in [-0.2, 0) is 9.53 Å². The Labute approximate surface area is 102 Å². The van der Waals surface area contributed by atoms with Crippen molar-refractivity contribution in [1.29, 1.82) is 0 Å². The molecule has 8 heteroatoms. The van der Waals surface area contributed by atoms with Gasteiger partial charge in [0, 0.05) is 6.54 Å². The molecule has 16 heavy (non-hydrogen) atoms. The number of halogens is 2. The minimum absolute atomic E-state index is 0.0786. The molecule has 0 fully saturated rings. The lowest BCUT2D eigenvalue weighted by atomic mass is 10.5. The molecule has 1 aromatic rings. The molecule has 0 atom stereocenters. The lowest BCUT2D eigenvalue weighted by molar-refractivity contribution is -0.120. The zero-order chi connectivity index (χ0) is 12.0. The summed E-state index contributed by atoms with van der Waals surface area (Å²) in [5.74, 6) is -0.229. The third-order valence-corrected chi connectivity index (χ3v) is 2.24. The number of nitrogens with zero attached hydrogens (tertiary/aromatic N) is 2. The molecule has 1 heterocycles. The summed E-state index contributed by atoms with van der Waals surface area (Å²) in [6, 6.07) is 0. The second-order valence-electron chi connectivity index (χ2n) is 2.72. The molecule has 1 amide bonds. The molecule has 0 aromatic carbocycles. The Kier molecular flexibility index (Phi) is 5.41. The van der Waals surface area contributed by atoms with Crippen LogP contribution in [0.15, 0.2) is 6.33 Å². The number of aromatic nitrogens is 2. The smallest absolute Gasteiger partial charge is 0.251 e. The van der Waals surface area contributed by atoms with Crippen molar-refractivity contribution in [2.45, 2.75) is 0 Å². The van der Waals surface area contributed by atoms with Gasteiger partial charge in [-0.25, -0.2) is 9.97 Å². The zero-order valence-corrected chi connectivity index (χ0v) is 9.75. The van der Waals surface area contributed by atoms with Gasteiger partial charge in [-0.05, 0) is 0 Å². The topological polar surface area (TPSA) is 90.1 Å². The van der Waals surface area contributed by atoms with Crippen molar-refractivity contribution in [3.05, 3.63) is 16.5 Å². The van der Waals surface area contributed by atoms with Crippen LogP contribution >= 0.6 is 23.2 Å². The van der Waals surface area contributed by atoms with Crippen LogP contribution in [0.3, 0.4) is 0 Å². The van der Waals surface area contributed by atoms with Gasteiger partial charge < -0.3 is 15.8 Å². The van der Waals surface area contributed by atoms with Crippen molar-refractivity contribution in [3.8, 4) is 0 Å². The lowest BCUT2D eigenvalue weighted by Crippen LogP contribution is -2.21. The quantitative estimate of drug-likeness (QED) is 0.604. The largest absolute Gasteiger partial charge is 0.370 e. The second kappa shape index (κ2) is 6.59. The number of nitrogens with two attached hydrogens (primary N) is 1. The predicted octanol–water partition coefficient (Wildman–Crippen LogP) is 0.697. The number of anilines is 1. The van der Waals surface area contributed by atoms with Crippen LogP contribution in [0.2, 0.25) is 10.2 Å². The minimum Gasteiger partial charge on any atom is -0.370 e. The average molecular weight is 265 g/mol. The maximum absolute atomic E-state index is 11.3. The molecule has 1 rings (SSSR count). The molecule has 0 aliphatic rings. The number of ether oxygens (including phenoxy) is 1. The third kappa shape index (κ3) is 3.90. The van der Waals surface area contributed by atoms with Gasteiger partial charge in [-0.15, -0.1) is 0 Å². The molecule has 0 saturated carbocycles. The SMILES string of the molecule is NCCOCC(=O)Nc1ncnc(Cl)c1Cl. The molecule has 0 aliphatic heterocycles. The van der Waals surface area contributed by atoms with Crippen molar-refractivity contribution in [3.63, 3.8) is 0 Å². The van der Waals surface area contributed by atoms with Gasteiger partial charge in [0.2, 0.25) is 0 Å². The maximum atomic E-state index is 11.3. The summed E-state index contributed by atoms with van der Waals surface area (Å²) < 4.78 is 4.93. The fourth-order valence-corrected chi connectivity index (χ4v) is 1.13. The van der Waals surface area contributed by atoms with Gasteiger partial charge in [-0.1, -0.05) is 23.2 Å². The van der Waals surface area contributed by atoms with E-state index >= 15 is 0 Å². The van der Waals surface area contributed by atoms with E-state index in [4.69, 9.17) is 33.7 Å². The Morgan fingerprint density at radius 1 is 1.50 bits per heavy atom. The van der Waals surface area contributed by atoms with E-state index in [2.05, 4.69) is 15.3 Å². The summed E-state index contributed by atoms with van der Waals surface area (Å²) in [7, 11) is 0. The Hall–Kier alpha value is -0.950. The summed E-state index contributed by atoms with van der Waals surface area (Å²) >= 11 is 11.4. The van der Waals surface area contributed by atoms with Crippen LogP contribution in [0.25, 0.3) is 0 Å². The van der Waals surface area contributed by atoms with Gasteiger partial charge in [0.15, 0.2) is 11.0 Å². The van der Waals surface area contributed by atoms with Crippen molar-refractivity contribution >= 4 is 34.9 Å². The van der Waals surface area contributed by atoms with Gasteiger partial charge in [-0.3, -0.25) is 4.79 Å². The number of amides is 1. The van der Waals surface area contributed by atoms with E-state index in [0.717, 1.165) is 0 Å². The van der Waals surface area contributed by atoms with Crippen molar-refractivity contribution in [2.75, 3.05) is 25.1 Å². The van der Waals surface area contributed by atoms with E-state index in [-0.39, 0.29) is 28.5 Å². The highest BCUT2D eigenvalue weighted by atomic mass is 35.5. The monoisotopic (exact) mass is 264 g/mol. The molecular weight excluding hydrogens is 255 g/mol. The molecule has 1 aromatic heterocycles. The van der Waals surface area contributed by atoms with E-state index in [1.54, 1.807) is 0 Å². The van der Waals surface area contributed by atoms with Gasteiger partial charge in [0.25, 0.3) is 5.91 Å². The summed E-state index contributed by atoms with van der Waals surface area (Å²) in [6.07, 6.45) is 1.20. The number of carbonyl (C=O) groups excluding carboxylic acids is 1. The van der Waals surface area contributed by atoms with Crippen LogP contribution in [-0.4, -0.2) is 35.6 Å². The van der Waals surface area contributed by atoms with Crippen LogP contribution in [0.1, 0.15) is 0 Å². The zero-order valence-electron chi connectivity index (χ0n) is 8.24. The van der Waals surface area contributed by atoms with E-state index in [9.17, 15) is 4.79 Å². The number of hydrogen-bond donors (Lipinski definition) is 2. The normalized spacial score (nSPS) is 10.2. The molecule has 0 unspecified atom stereocenters. The van der Waals surface area contributed by atoms with Crippen molar-refractivity contribution in [1.82, 2.24) is 9.97 Å². The second-order valence-corrected chi connectivity index (χ2v) is 3.45. The fourth-order valence-electron chi connectivity index (χ4n) is 0.852. The molecule has 3 N–H and O–H groups in total. The van der Waals surface area contributed by atoms with Gasteiger partial charge in [0.05, 0.1) is 6.61 Å². The summed E-state index contributed by atoms with van der Waals surface area (Å²) in [4.78, 5) is 18.7. The Bertz CT molecular complexity index is 375. The molecule has 0 saturated heterocycles. The van der Waals surface area contributed by atoms with Crippen LogP contribution in [0, 0.1) is 0 Å². The molecule has 0 spiro atoms. The van der Waals surface area contributed by atoms with E-state index < -0.39 is 0 Å².